The highest BCUT2D eigenvalue weighted by Crippen LogP contribution is 2.31. The number of halogens is 1. The average molecular weight is 237 g/mol. The van der Waals surface area contributed by atoms with Gasteiger partial charge in [-0.15, -0.1) is 0 Å². The number of fused-ring (bicyclic) bond motifs is 1. The normalized spacial score (nSPS) is 10.6. The third-order valence-electron chi connectivity index (χ3n) is 2.38. The fraction of sp³-hybridized carbons (Fsp3) is 0.231. The van der Waals surface area contributed by atoms with Crippen LogP contribution in [0.3, 0.4) is 0 Å². The van der Waals surface area contributed by atoms with Crippen LogP contribution in [0.1, 0.15) is 0 Å². The summed E-state index contributed by atoms with van der Waals surface area (Å²) in [6.07, 6.45) is 0. The van der Waals surface area contributed by atoms with E-state index >= 15 is 0 Å². The zero-order valence-corrected chi connectivity index (χ0v) is 9.83. The molecule has 0 aliphatic carbocycles. The molecule has 0 atom stereocenters. The van der Waals surface area contributed by atoms with Gasteiger partial charge < -0.3 is 9.47 Å². The molecule has 2 nitrogen and oxygen atoms in total. The molecule has 2 aromatic carbocycles. The van der Waals surface area contributed by atoms with E-state index in [9.17, 15) is 0 Å². The first-order chi connectivity index (χ1) is 7.83. The maximum Gasteiger partial charge on any atom is 0.127 e. The lowest BCUT2D eigenvalue weighted by Gasteiger charge is -2.09. The molecule has 0 aliphatic heterocycles. The quantitative estimate of drug-likeness (QED) is 0.757. The second-order valence-corrected chi connectivity index (χ2v) is 3.84. The lowest BCUT2D eigenvalue weighted by molar-refractivity contribution is 0.147. The Kier molecular flexibility index (Phi) is 3.65. The summed E-state index contributed by atoms with van der Waals surface area (Å²) in [6.45, 7) is 1.12. The standard InChI is InChI=1S/C13H13ClO2/c1-15-8-9-16-13-7-6-12(14)10-4-2-3-5-11(10)13/h2-7H,8-9H2,1H3. The molecule has 0 fully saturated rings. The van der Waals surface area contributed by atoms with E-state index in [1.807, 2.05) is 36.4 Å². The summed E-state index contributed by atoms with van der Waals surface area (Å²) in [4.78, 5) is 0. The summed E-state index contributed by atoms with van der Waals surface area (Å²) < 4.78 is 10.6. The van der Waals surface area contributed by atoms with E-state index in [4.69, 9.17) is 21.1 Å². The Hall–Kier alpha value is -1.25. The van der Waals surface area contributed by atoms with Crippen LogP contribution in [0.15, 0.2) is 36.4 Å². The van der Waals surface area contributed by atoms with Crippen molar-refractivity contribution in [3.63, 3.8) is 0 Å². The van der Waals surface area contributed by atoms with Gasteiger partial charge in [0.2, 0.25) is 0 Å². The van der Waals surface area contributed by atoms with Crippen LogP contribution in [-0.2, 0) is 4.74 Å². The maximum atomic E-state index is 6.11. The van der Waals surface area contributed by atoms with Gasteiger partial charge >= 0.3 is 0 Å². The summed E-state index contributed by atoms with van der Waals surface area (Å²) >= 11 is 6.11. The molecule has 84 valence electrons. The van der Waals surface area contributed by atoms with E-state index in [0.717, 1.165) is 21.5 Å². The van der Waals surface area contributed by atoms with Gasteiger partial charge in [0.1, 0.15) is 12.4 Å². The minimum absolute atomic E-state index is 0.544. The first kappa shape index (κ1) is 11.2. The minimum atomic E-state index is 0.544. The highest BCUT2D eigenvalue weighted by atomic mass is 35.5. The average Bonchev–Trinajstić information content (AvgIpc) is 2.33. The highest BCUT2D eigenvalue weighted by Gasteiger charge is 2.04. The first-order valence-corrected chi connectivity index (χ1v) is 5.49. The number of methoxy groups -OCH3 is 1. The molecular weight excluding hydrogens is 224 g/mol. The number of rotatable bonds is 4. The fourth-order valence-electron chi connectivity index (χ4n) is 1.60. The molecule has 0 bridgehead atoms. The molecule has 0 heterocycles. The summed E-state index contributed by atoms with van der Waals surface area (Å²) in [5.41, 5.74) is 0. The topological polar surface area (TPSA) is 18.5 Å². The Labute approximate surface area is 99.7 Å². The van der Waals surface area contributed by atoms with Crippen LogP contribution in [0.25, 0.3) is 10.8 Å². The molecule has 0 spiro atoms. The van der Waals surface area contributed by atoms with Gasteiger partial charge in [0.25, 0.3) is 0 Å². The van der Waals surface area contributed by atoms with Crippen LogP contribution < -0.4 is 4.74 Å². The van der Waals surface area contributed by atoms with Crippen molar-refractivity contribution < 1.29 is 9.47 Å². The number of benzene rings is 2. The molecule has 0 saturated heterocycles. The van der Waals surface area contributed by atoms with Crippen LogP contribution in [0.4, 0.5) is 0 Å². The van der Waals surface area contributed by atoms with Gasteiger partial charge in [-0.05, 0) is 12.1 Å². The largest absolute Gasteiger partial charge is 0.491 e. The second-order valence-electron chi connectivity index (χ2n) is 3.43. The zero-order valence-electron chi connectivity index (χ0n) is 9.07. The maximum absolute atomic E-state index is 6.11. The molecule has 0 radical (unpaired) electrons. The number of ether oxygens (including phenoxy) is 2. The minimum Gasteiger partial charge on any atom is -0.491 e. The Morgan fingerprint density at radius 2 is 1.75 bits per heavy atom. The fourth-order valence-corrected chi connectivity index (χ4v) is 1.82. The lowest BCUT2D eigenvalue weighted by atomic mass is 10.1. The second kappa shape index (κ2) is 5.19. The van der Waals surface area contributed by atoms with Gasteiger partial charge in [-0.3, -0.25) is 0 Å². The van der Waals surface area contributed by atoms with Crippen LogP contribution in [-0.4, -0.2) is 20.3 Å². The predicted octanol–water partition coefficient (Wildman–Crippen LogP) is 3.52. The lowest BCUT2D eigenvalue weighted by Crippen LogP contribution is -2.04. The Balaban J connectivity index is 2.35. The van der Waals surface area contributed by atoms with Crippen molar-refractivity contribution in [2.24, 2.45) is 0 Å². The summed E-state index contributed by atoms with van der Waals surface area (Å²) in [5.74, 6) is 0.844. The summed E-state index contributed by atoms with van der Waals surface area (Å²) in [6, 6.07) is 11.7. The van der Waals surface area contributed by atoms with Gasteiger partial charge in [-0.25, -0.2) is 0 Å². The van der Waals surface area contributed by atoms with E-state index < -0.39 is 0 Å². The Bertz CT molecular complexity index is 482. The number of hydrogen-bond donors (Lipinski definition) is 0. The van der Waals surface area contributed by atoms with Crippen molar-refractivity contribution in [2.75, 3.05) is 20.3 Å². The Morgan fingerprint density at radius 1 is 1.00 bits per heavy atom. The van der Waals surface area contributed by atoms with E-state index in [1.54, 1.807) is 7.11 Å². The summed E-state index contributed by atoms with van der Waals surface area (Å²) in [7, 11) is 1.66. The van der Waals surface area contributed by atoms with Crippen molar-refractivity contribution in [1.82, 2.24) is 0 Å². The smallest absolute Gasteiger partial charge is 0.127 e. The molecule has 0 aliphatic rings. The molecule has 2 aromatic rings. The molecule has 16 heavy (non-hydrogen) atoms. The van der Waals surface area contributed by atoms with Crippen molar-refractivity contribution >= 4 is 22.4 Å². The molecule has 0 aromatic heterocycles. The van der Waals surface area contributed by atoms with Gasteiger partial charge in [0.15, 0.2) is 0 Å². The number of hydrogen-bond acceptors (Lipinski definition) is 2. The van der Waals surface area contributed by atoms with E-state index in [1.165, 1.54) is 0 Å². The Morgan fingerprint density at radius 3 is 2.50 bits per heavy atom. The van der Waals surface area contributed by atoms with Gasteiger partial charge in [0.05, 0.1) is 6.61 Å². The zero-order chi connectivity index (χ0) is 11.4. The molecule has 0 N–H and O–H groups in total. The van der Waals surface area contributed by atoms with Crippen LogP contribution in [0.5, 0.6) is 5.75 Å². The van der Waals surface area contributed by atoms with Crippen LogP contribution in [0.2, 0.25) is 5.02 Å². The van der Waals surface area contributed by atoms with Crippen molar-refractivity contribution in [1.29, 1.82) is 0 Å². The van der Waals surface area contributed by atoms with Gasteiger partial charge in [0, 0.05) is 22.9 Å². The molecule has 0 saturated carbocycles. The van der Waals surface area contributed by atoms with Crippen molar-refractivity contribution in [2.45, 2.75) is 0 Å². The van der Waals surface area contributed by atoms with E-state index in [-0.39, 0.29) is 0 Å². The molecule has 2 rings (SSSR count). The molecular formula is C13H13ClO2. The van der Waals surface area contributed by atoms with E-state index in [0.29, 0.717) is 13.2 Å². The molecule has 3 heteroatoms. The predicted molar refractivity (Wildman–Crippen MR) is 66.3 cm³/mol. The molecule has 0 amide bonds. The SMILES string of the molecule is COCCOc1ccc(Cl)c2ccccc12. The van der Waals surface area contributed by atoms with Crippen molar-refractivity contribution in [3.05, 3.63) is 41.4 Å². The molecule has 0 unspecified atom stereocenters. The van der Waals surface area contributed by atoms with Crippen LogP contribution in [0, 0.1) is 0 Å². The third-order valence-corrected chi connectivity index (χ3v) is 2.71. The van der Waals surface area contributed by atoms with Gasteiger partial charge in [-0.2, -0.15) is 0 Å². The monoisotopic (exact) mass is 236 g/mol. The van der Waals surface area contributed by atoms with Gasteiger partial charge in [-0.1, -0.05) is 35.9 Å². The summed E-state index contributed by atoms with van der Waals surface area (Å²) in [5, 5.41) is 2.79. The van der Waals surface area contributed by atoms with E-state index in [2.05, 4.69) is 0 Å². The van der Waals surface area contributed by atoms with Crippen molar-refractivity contribution in [3.8, 4) is 5.75 Å². The third kappa shape index (κ3) is 2.29. The van der Waals surface area contributed by atoms with Crippen LogP contribution >= 0.6 is 11.6 Å². The first-order valence-electron chi connectivity index (χ1n) is 5.12. The highest BCUT2D eigenvalue weighted by molar-refractivity contribution is 6.35.